The lowest BCUT2D eigenvalue weighted by Crippen LogP contribution is -2.28. The summed E-state index contributed by atoms with van der Waals surface area (Å²) in [5, 5.41) is 3.74. The molecule has 1 saturated carbocycles. The monoisotopic (exact) mass is 339 g/mol. The first-order valence-electron chi connectivity index (χ1n) is 8.17. The quantitative estimate of drug-likeness (QED) is 0.751. The van der Waals surface area contributed by atoms with Gasteiger partial charge in [0.15, 0.2) is 0 Å². The summed E-state index contributed by atoms with van der Waals surface area (Å²) in [6, 6.07) is 11.6. The van der Waals surface area contributed by atoms with E-state index in [1.807, 2.05) is 53.9 Å². The highest BCUT2D eigenvalue weighted by molar-refractivity contribution is 6.30. The third-order valence-electron chi connectivity index (χ3n) is 4.60. The van der Waals surface area contributed by atoms with Crippen LogP contribution in [-0.4, -0.2) is 15.3 Å². The number of fused-ring (bicyclic) bond motifs is 1. The van der Waals surface area contributed by atoms with Crippen LogP contribution in [-0.2, 0) is 4.79 Å². The molecule has 1 N–H and O–H groups in total. The number of aryl methyl sites for hydroxylation is 1. The number of halogens is 1. The Labute approximate surface area is 145 Å². The number of benzene rings is 1. The van der Waals surface area contributed by atoms with Gasteiger partial charge in [0, 0.05) is 22.7 Å². The number of hydrogen-bond donors (Lipinski definition) is 1. The predicted octanol–water partition coefficient (Wildman–Crippen LogP) is 4.70. The van der Waals surface area contributed by atoms with E-state index in [4.69, 9.17) is 16.6 Å². The van der Waals surface area contributed by atoms with Gasteiger partial charge in [0.05, 0.1) is 0 Å². The third kappa shape index (κ3) is 2.67. The van der Waals surface area contributed by atoms with Crippen molar-refractivity contribution in [2.24, 2.45) is 5.92 Å². The highest BCUT2D eigenvalue weighted by Gasteiger charge is 2.27. The van der Waals surface area contributed by atoms with E-state index >= 15 is 0 Å². The number of nitrogens with one attached hydrogen (secondary N) is 1. The van der Waals surface area contributed by atoms with Crippen LogP contribution < -0.4 is 5.32 Å². The van der Waals surface area contributed by atoms with Crippen molar-refractivity contribution in [2.75, 3.05) is 5.32 Å². The molecule has 1 amide bonds. The molecule has 1 aromatic carbocycles. The first-order chi connectivity index (χ1) is 11.6. The molecule has 5 heteroatoms. The largest absolute Gasteiger partial charge is 0.310 e. The summed E-state index contributed by atoms with van der Waals surface area (Å²) in [5.74, 6) is 0.907. The number of amides is 1. The molecule has 2 aromatic heterocycles. The van der Waals surface area contributed by atoms with Gasteiger partial charge < -0.3 is 5.32 Å². The number of hydrogen-bond acceptors (Lipinski definition) is 2. The number of anilines is 1. The molecule has 0 spiro atoms. The molecule has 3 aromatic rings. The number of aromatic nitrogens is 2. The van der Waals surface area contributed by atoms with Crippen molar-refractivity contribution in [3.05, 3.63) is 53.2 Å². The second-order valence-electron chi connectivity index (χ2n) is 6.37. The first-order valence-corrected chi connectivity index (χ1v) is 8.55. The molecule has 2 heterocycles. The van der Waals surface area contributed by atoms with Crippen molar-refractivity contribution < 1.29 is 4.79 Å². The van der Waals surface area contributed by atoms with Gasteiger partial charge in [-0.2, -0.15) is 0 Å². The minimum Gasteiger partial charge on any atom is -0.310 e. The summed E-state index contributed by atoms with van der Waals surface area (Å²) in [6.07, 6.45) is 5.01. The minimum absolute atomic E-state index is 0.0758. The van der Waals surface area contributed by atoms with Crippen molar-refractivity contribution >= 4 is 29.0 Å². The zero-order chi connectivity index (χ0) is 16.7. The fraction of sp³-hybridized carbons (Fsp3) is 0.263. The molecule has 122 valence electrons. The van der Waals surface area contributed by atoms with Crippen LogP contribution in [0.15, 0.2) is 42.6 Å². The number of rotatable bonds is 3. The standard InChI is InChI=1S/C19H18ClN3O/c1-12-8-9-23-16(10-12)21-17(14-6-3-7-15(20)11-14)18(23)22-19(24)13-4-2-5-13/h3,6-11,13H,2,4-5H2,1H3,(H,22,24). The summed E-state index contributed by atoms with van der Waals surface area (Å²) in [7, 11) is 0. The molecule has 24 heavy (non-hydrogen) atoms. The maximum Gasteiger partial charge on any atom is 0.228 e. The van der Waals surface area contributed by atoms with Crippen LogP contribution in [0, 0.1) is 12.8 Å². The van der Waals surface area contributed by atoms with E-state index < -0.39 is 0 Å². The Balaban J connectivity index is 1.84. The average Bonchev–Trinajstić information content (AvgIpc) is 2.83. The molecule has 1 aliphatic carbocycles. The van der Waals surface area contributed by atoms with Gasteiger partial charge in [-0.25, -0.2) is 4.98 Å². The maximum atomic E-state index is 12.5. The molecular formula is C19H18ClN3O. The molecule has 1 aliphatic rings. The lowest BCUT2D eigenvalue weighted by Gasteiger charge is -2.24. The van der Waals surface area contributed by atoms with Gasteiger partial charge in [-0.1, -0.05) is 30.2 Å². The normalized spacial score (nSPS) is 14.6. The fourth-order valence-corrected chi connectivity index (χ4v) is 3.18. The van der Waals surface area contributed by atoms with E-state index in [1.165, 1.54) is 0 Å². The minimum atomic E-state index is 0.0758. The third-order valence-corrected chi connectivity index (χ3v) is 4.83. The average molecular weight is 340 g/mol. The van der Waals surface area contributed by atoms with Crippen molar-refractivity contribution in [1.29, 1.82) is 0 Å². The van der Waals surface area contributed by atoms with Crippen LogP contribution in [0.2, 0.25) is 5.02 Å². The lowest BCUT2D eigenvalue weighted by molar-refractivity contribution is -0.122. The summed E-state index contributed by atoms with van der Waals surface area (Å²) in [6.45, 7) is 2.03. The first kappa shape index (κ1) is 15.2. The molecule has 0 radical (unpaired) electrons. The number of carbonyl (C=O) groups excluding carboxylic acids is 1. The van der Waals surface area contributed by atoms with E-state index in [0.29, 0.717) is 10.8 Å². The van der Waals surface area contributed by atoms with E-state index in [9.17, 15) is 4.79 Å². The maximum absolute atomic E-state index is 12.5. The van der Waals surface area contributed by atoms with E-state index in [0.717, 1.165) is 41.7 Å². The molecule has 0 atom stereocenters. The number of carbonyl (C=O) groups is 1. The van der Waals surface area contributed by atoms with Gasteiger partial charge in [0.1, 0.15) is 17.2 Å². The molecule has 0 saturated heterocycles. The Morgan fingerprint density at radius 1 is 1.29 bits per heavy atom. The Morgan fingerprint density at radius 3 is 2.83 bits per heavy atom. The topological polar surface area (TPSA) is 46.4 Å². The van der Waals surface area contributed by atoms with Crippen LogP contribution in [0.25, 0.3) is 16.9 Å². The Bertz CT molecular complexity index is 928. The van der Waals surface area contributed by atoms with Crippen molar-refractivity contribution in [2.45, 2.75) is 26.2 Å². The highest BCUT2D eigenvalue weighted by Crippen LogP contribution is 2.33. The van der Waals surface area contributed by atoms with Crippen LogP contribution in [0.4, 0.5) is 5.82 Å². The van der Waals surface area contributed by atoms with Crippen LogP contribution in [0.5, 0.6) is 0 Å². The Hall–Kier alpha value is -2.33. The zero-order valence-electron chi connectivity index (χ0n) is 13.4. The van der Waals surface area contributed by atoms with Crippen LogP contribution in [0.3, 0.4) is 0 Å². The Morgan fingerprint density at radius 2 is 2.12 bits per heavy atom. The number of imidazole rings is 1. The molecule has 4 rings (SSSR count). The summed E-state index contributed by atoms with van der Waals surface area (Å²) in [5.41, 5.74) is 3.58. The van der Waals surface area contributed by atoms with Gasteiger partial charge in [0.25, 0.3) is 0 Å². The number of pyridine rings is 1. The molecule has 4 nitrogen and oxygen atoms in total. The van der Waals surface area contributed by atoms with E-state index in [1.54, 1.807) is 0 Å². The molecule has 0 bridgehead atoms. The lowest BCUT2D eigenvalue weighted by atomic mass is 9.85. The smallest absolute Gasteiger partial charge is 0.228 e. The van der Waals surface area contributed by atoms with Crippen LogP contribution >= 0.6 is 11.6 Å². The fourth-order valence-electron chi connectivity index (χ4n) is 2.99. The molecule has 1 fully saturated rings. The zero-order valence-corrected chi connectivity index (χ0v) is 14.2. The highest BCUT2D eigenvalue weighted by atomic mass is 35.5. The van der Waals surface area contributed by atoms with Gasteiger partial charge in [-0.3, -0.25) is 9.20 Å². The van der Waals surface area contributed by atoms with Gasteiger partial charge in [-0.15, -0.1) is 0 Å². The second kappa shape index (κ2) is 5.95. The Kier molecular flexibility index (Phi) is 3.77. The second-order valence-corrected chi connectivity index (χ2v) is 6.81. The van der Waals surface area contributed by atoms with E-state index in [-0.39, 0.29) is 11.8 Å². The van der Waals surface area contributed by atoms with Crippen molar-refractivity contribution in [3.8, 4) is 11.3 Å². The predicted molar refractivity (Wildman–Crippen MR) is 96.3 cm³/mol. The molecule has 0 unspecified atom stereocenters. The van der Waals surface area contributed by atoms with Gasteiger partial charge >= 0.3 is 0 Å². The molecular weight excluding hydrogens is 322 g/mol. The SMILES string of the molecule is Cc1ccn2c(NC(=O)C3CCC3)c(-c3cccc(Cl)c3)nc2c1. The summed E-state index contributed by atoms with van der Waals surface area (Å²) < 4.78 is 1.93. The van der Waals surface area contributed by atoms with Crippen molar-refractivity contribution in [1.82, 2.24) is 9.38 Å². The van der Waals surface area contributed by atoms with E-state index in [2.05, 4.69) is 5.32 Å². The van der Waals surface area contributed by atoms with Crippen LogP contribution in [0.1, 0.15) is 24.8 Å². The molecule has 0 aliphatic heterocycles. The number of nitrogens with zero attached hydrogens (tertiary/aromatic N) is 2. The summed E-state index contributed by atoms with van der Waals surface area (Å²) >= 11 is 6.14. The van der Waals surface area contributed by atoms with Gasteiger partial charge in [-0.05, 0) is 49.6 Å². The van der Waals surface area contributed by atoms with Gasteiger partial charge in [0.2, 0.25) is 5.91 Å². The summed E-state index contributed by atoms with van der Waals surface area (Å²) in [4.78, 5) is 17.2. The van der Waals surface area contributed by atoms with Crippen molar-refractivity contribution in [3.63, 3.8) is 0 Å².